The van der Waals surface area contributed by atoms with Gasteiger partial charge in [0.25, 0.3) is 0 Å². The molecule has 15 heavy (non-hydrogen) atoms. The molecule has 0 saturated carbocycles. The highest BCUT2D eigenvalue weighted by Crippen LogP contribution is 2.09. The average molecular weight is 211 g/mol. The van der Waals surface area contributed by atoms with Gasteiger partial charge in [-0.15, -0.1) is 0 Å². The molecule has 0 fully saturated rings. The lowest BCUT2D eigenvalue weighted by Gasteiger charge is -2.12. The Balaban J connectivity index is 2.27. The summed E-state index contributed by atoms with van der Waals surface area (Å²) >= 11 is 0. The van der Waals surface area contributed by atoms with Gasteiger partial charge >= 0.3 is 5.97 Å². The summed E-state index contributed by atoms with van der Waals surface area (Å²) < 4.78 is 9.79. The SMILES string of the molecule is COC[C@H](N)C(=O)OCC1=CCCC=C1. The van der Waals surface area contributed by atoms with Gasteiger partial charge in [0.15, 0.2) is 0 Å². The van der Waals surface area contributed by atoms with Crippen LogP contribution < -0.4 is 5.73 Å². The van der Waals surface area contributed by atoms with E-state index in [0.29, 0.717) is 6.61 Å². The summed E-state index contributed by atoms with van der Waals surface area (Å²) in [5, 5.41) is 0. The van der Waals surface area contributed by atoms with Crippen LogP contribution in [0.2, 0.25) is 0 Å². The monoisotopic (exact) mass is 211 g/mol. The third-order valence-electron chi connectivity index (χ3n) is 2.10. The van der Waals surface area contributed by atoms with E-state index in [0.717, 1.165) is 18.4 Å². The van der Waals surface area contributed by atoms with Crippen LogP contribution in [0.15, 0.2) is 23.8 Å². The van der Waals surface area contributed by atoms with Crippen molar-refractivity contribution >= 4 is 5.97 Å². The zero-order valence-corrected chi connectivity index (χ0v) is 8.94. The highest BCUT2D eigenvalue weighted by Gasteiger charge is 2.14. The van der Waals surface area contributed by atoms with Crippen molar-refractivity contribution in [2.75, 3.05) is 20.3 Å². The molecule has 4 nitrogen and oxygen atoms in total. The fourth-order valence-corrected chi connectivity index (χ4v) is 1.28. The molecule has 0 radical (unpaired) electrons. The second-order valence-electron chi connectivity index (χ2n) is 3.43. The van der Waals surface area contributed by atoms with Crippen LogP contribution >= 0.6 is 0 Å². The van der Waals surface area contributed by atoms with Crippen LogP contribution in [0.4, 0.5) is 0 Å². The number of allylic oxidation sites excluding steroid dienone is 2. The Morgan fingerprint density at radius 1 is 1.60 bits per heavy atom. The molecule has 0 aliphatic heterocycles. The summed E-state index contributed by atoms with van der Waals surface area (Å²) in [7, 11) is 1.50. The average Bonchev–Trinajstić information content (AvgIpc) is 2.27. The zero-order chi connectivity index (χ0) is 11.1. The van der Waals surface area contributed by atoms with Crippen LogP contribution in [0.1, 0.15) is 12.8 Å². The summed E-state index contributed by atoms with van der Waals surface area (Å²) in [6.45, 7) is 0.487. The molecule has 0 aromatic rings. The third-order valence-corrected chi connectivity index (χ3v) is 2.10. The van der Waals surface area contributed by atoms with Gasteiger partial charge in [-0.1, -0.05) is 18.2 Å². The molecule has 0 spiro atoms. The number of esters is 1. The van der Waals surface area contributed by atoms with Crippen molar-refractivity contribution in [3.63, 3.8) is 0 Å². The first-order valence-corrected chi connectivity index (χ1v) is 5.00. The number of carbonyl (C=O) groups excluding carboxylic acids is 1. The van der Waals surface area contributed by atoms with Crippen molar-refractivity contribution in [2.45, 2.75) is 18.9 Å². The number of hydrogen-bond donors (Lipinski definition) is 1. The van der Waals surface area contributed by atoms with Gasteiger partial charge in [-0.3, -0.25) is 4.79 Å². The first-order valence-electron chi connectivity index (χ1n) is 5.00. The van der Waals surface area contributed by atoms with E-state index >= 15 is 0 Å². The summed E-state index contributed by atoms with van der Waals surface area (Å²) in [6, 6.07) is -0.692. The predicted octanol–water partition coefficient (Wildman–Crippen LogP) is 0.780. The smallest absolute Gasteiger partial charge is 0.325 e. The largest absolute Gasteiger partial charge is 0.460 e. The van der Waals surface area contributed by atoms with Crippen molar-refractivity contribution < 1.29 is 14.3 Å². The molecule has 2 N–H and O–H groups in total. The van der Waals surface area contributed by atoms with Gasteiger partial charge in [0, 0.05) is 7.11 Å². The van der Waals surface area contributed by atoms with E-state index in [2.05, 4.69) is 12.2 Å². The maximum atomic E-state index is 11.3. The minimum Gasteiger partial charge on any atom is -0.460 e. The molecule has 84 valence electrons. The number of nitrogens with two attached hydrogens (primary N) is 1. The minimum atomic E-state index is -0.692. The molecule has 1 aliphatic rings. The van der Waals surface area contributed by atoms with E-state index in [-0.39, 0.29) is 6.61 Å². The lowest BCUT2D eigenvalue weighted by Crippen LogP contribution is -2.36. The summed E-state index contributed by atoms with van der Waals surface area (Å²) in [6.07, 6.45) is 8.17. The van der Waals surface area contributed by atoms with E-state index in [9.17, 15) is 4.79 Å². The van der Waals surface area contributed by atoms with Crippen LogP contribution in [0.25, 0.3) is 0 Å². The predicted molar refractivity (Wildman–Crippen MR) is 57.3 cm³/mol. The fourth-order valence-electron chi connectivity index (χ4n) is 1.28. The number of hydrogen-bond acceptors (Lipinski definition) is 4. The van der Waals surface area contributed by atoms with E-state index in [1.54, 1.807) is 0 Å². The van der Waals surface area contributed by atoms with E-state index < -0.39 is 12.0 Å². The Kier molecular flexibility index (Phi) is 5.07. The number of ether oxygens (including phenoxy) is 2. The molecule has 1 rings (SSSR count). The normalized spacial score (nSPS) is 17.1. The molecule has 0 heterocycles. The fraction of sp³-hybridized carbons (Fsp3) is 0.545. The molecule has 0 aromatic heterocycles. The zero-order valence-electron chi connectivity index (χ0n) is 8.94. The topological polar surface area (TPSA) is 61.5 Å². The van der Waals surface area contributed by atoms with Crippen LogP contribution in [0.5, 0.6) is 0 Å². The van der Waals surface area contributed by atoms with Crippen LogP contribution in [-0.2, 0) is 14.3 Å². The molecular formula is C11H17NO3. The van der Waals surface area contributed by atoms with Gasteiger partial charge in [-0.25, -0.2) is 0 Å². The van der Waals surface area contributed by atoms with Crippen LogP contribution in [0, 0.1) is 0 Å². The van der Waals surface area contributed by atoms with Crippen molar-refractivity contribution in [1.82, 2.24) is 0 Å². The molecule has 4 heteroatoms. The molecule has 0 aromatic carbocycles. The van der Waals surface area contributed by atoms with Crippen LogP contribution in [-0.4, -0.2) is 32.3 Å². The van der Waals surface area contributed by atoms with Gasteiger partial charge in [0.1, 0.15) is 12.6 Å². The molecule has 1 atom stereocenters. The standard InChI is InChI=1S/C11H17NO3/c1-14-8-10(12)11(13)15-7-9-5-3-2-4-6-9/h3,5-6,10H,2,4,7-8,12H2,1H3/t10-/m0/s1. The highest BCUT2D eigenvalue weighted by molar-refractivity contribution is 5.75. The second kappa shape index (κ2) is 6.37. The van der Waals surface area contributed by atoms with Crippen LogP contribution in [0.3, 0.4) is 0 Å². The van der Waals surface area contributed by atoms with Gasteiger partial charge in [-0.05, 0) is 18.4 Å². The highest BCUT2D eigenvalue weighted by atomic mass is 16.5. The molecule has 0 amide bonds. The summed E-state index contributed by atoms with van der Waals surface area (Å²) in [4.78, 5) is 11.3. The van der Waals surface area contributed by atoms with Gasteiger partial charge < -0.3 is 15.2 Å². The molecular weight excluding hydrogens is 194 g/mol. The quantitative estimate of drug-likeness (QED) is 0.683. The molecule has 0 saturated heterocycles. The van der Waals surface area contributed by atoms with Crippen molar-refractivity contribution in [3.05, 3.63) is 23.8 Å². The van der Waals surface area contributed by atoms with E-state index in [1.165, 1.54) is 7.11 Å². The summed E-state index contributed by atoms with van der Waals surface area (Å²) in [5.41, 5.74) is 6.53. The Morgan fingerprint density at radius 2 is 2.40 bits per heavy atom. The summed E-state index contributed by atoms with van der Waals surface area (Å²) in [5.74, 6) is -0.420. The molecule has 0 bridgehead atoms. The molecule has 1 aliphatic carbocycles. The Hall–Kier alpha value is -1.13. The second-order valence-corrected chi connectivity index (χ2v) is 3.43. The number of methoxy groups -OCH3 is 1. The maximum absolute atomic E-state index is 11.3. The van der Waals surface area contributed by atoms with Crippen molar-refractivity contribution in [3.8, 4) is 0 Å². The Bertz CT molecular complexity index is 271. The van der Waals surface area contributed by atoms with Gasteiger partial charge in [0.05, 0.1) is 6.61 Å². The molecule has 0 unspecified atom stereocenters. The maximum Gasteiger partial charge on any atom is 0.325 e. The Labute approximate surface area is 89.7 Å². The lowest BCUT2D eigenvalue weighted by molar-refractivity contribution is -0.145. The number of rotatable bonds is 5. The third kappa shape index (κ3) is 4.27. The Morgan fingerprint density at radius 3 is 3.00 bits per heavy atom. The van der Waals surface area contributed by atoms with Crippen molar-refractivity contribution in [1.29, 1.82) is 0 Å². The number of carbonyl (C=O) groups is 1. The first kappa shape index (κ1) is 11.9. The van der Waals surface area contributed by atoms with Crippen molar-refractivity contribution in [2.24, 2.45) is 5.73 Å². The first-order chi connectivity index (χ1) is 7.24. The lowest BCUT2D eigenvalue weighted by atomic mass is 10.1. The van der Waals surface area contributed by atoms with E-state index in [4.69, 9.17) is 15.2 Å². The van der Waals surface area contributed by atoms with Gasteiger partial charge in [-0.2, -0.15) is 0 Å². The minimum absolute atomic E-state index is 0.188. The van der Waals surface area contributed by atoms with E-state index in [1.807, 2.05) is 6.08 Å². The van der Waals surface area contributed by atoms with Gasteiger partial charge in [0.2, 0.25) is 0 Å².